The third-order valence-electron chi connectivity index (χ3n) is 6.65. The highest BCUT2D eigenvalue weighted by atomic mass is 35.5. The molecular formula is C31H37ClN2O7. The molecule has 0 saturated carbocycles. The third kappa shape index (κ3) is 9.38. The zero-order valence-corrected chi connectivity index (χ0v) is 24.2. The zero-order valence-electron chi connectivity index (χ0n) is 23.5. The first kappa shape index (κ1) is 31.7. The van der Waals surface area contributed by atoms with Crippen LogP contribution in [0, 0.1) is 0 Å². The van der Waals surface area contributed by atoms with Gasteiger partial charge in [-0.2, -0.15) is 0 Å². The molecule has 0 spiro atoms. The summed E-state index contributed by atoms with van der Waals surface area (Å²) >= 11 is 6.18. The van der Waals surface area contributed by atoms with E-state index < -0.39 is 24.2 Å². The maximum atomic E-state index is 11.5. The van der Waals surface area contributed by atoms with Gasteiger partial charge in [-0.05, 0) is 61.2 Å². The summed E-state index contributed by atoms with van der Waals surface area (Å²) in [6, 6.07) is 19.3. The van der Waals surface area contributed by atoms with Crippen LogP contribution in [0.3, 0.4) is 0 Å². The second-order valence-corrected chi connectivity index (χ2v) is 10.2. The SMILES string of the molecule is CCC(Oc1cccc(CC(N)=O)c1O)N(CC(O)c1cccc(Cl)c1)C(C)Cc1ccc(OCC(=O)OC)cc1. The predicted octanol–water partition coefficient (Wildman–Crippen LogP) is 4.41. The van der Waals surface area contributed by atoms with Crippen LogP contribution in [0.4, 0.5) is 0 Å². The Morgan fingerprint density at radius 1 is 1.07 bits per heavy atom. The Bertz CT molecular complexity index is 1300. The lowest BCUT2D eigenvalue weighted by Gasteiger charge is -2.37. The number of para-hydroxylation sites is 1. The van der Waals surface area contributed by atoms with E-state index in [0.717, 1.165) is 5.56 Å². The van der Waals surface area contributed by atoms with Gasteiger partial charge in [0.1, 0.15) is 5.75 Å². The maximum Gasteiger partial charge on any atom is 0.343 e. The van der Waals surface area contributed by atoms with E-state index in [1.54, 1.807) is 48.5 Å². The second kappa shape index (κ2) is 15.3. The molecule has 0 aliphatic carbocycles. The monoisotopic (exact) mass is 584 g/mol. The minimum atomic E-state index is -0.863. The van der Waals surface area contributed by atoms with Gasteiger partial charge in [0.15, 0.2) is 24.3 Å². The molecule has 10 heteroatoms. The number of hydrogen-bond donors (Lipinski definition) is 3. The molecule has 0 heterocycles. The van der Waals surface area contributed by atoms with E-state index in [9.17, 15) is 19.8 Å². The fourth-order valence-corrected chi connectivity index (χ4v) is 4.71. The summed E-state index contributed by atoms with van der Waals surface area (Å²) in [6.45, 7) is 4.03. The van der Waals surface area contributed by atoms with E-state index in [2.05, 4.69) is 4.74 Å². The topological polar surface area (TPSA) is 132 Å². The number of benzene rings is 3. The fourth-order valence-electron chi connectivity index (χ4n) is 4.51. The predicted molar refractivity (Wildman–Crippen MR) is 156 cm³/mol. The van der Waals surface area contributed by atoms with Crippen LogP contribution < -0.4 is 15.2 Å². The number of methoxy groups -OCH3 is 1. The van der Waals surface area contributed by atoms with Crippen molar-refractivity contribution >= 4 is 23.5 Å². The van der Waals surface area contributed by atoms with Crippen LogP contribution in [0.15, 0.2) is 66.7 Å². The molecule has 3 aromatic carbocycles. The molecule has 220 valence electrons. The van der Waals surface area contributed by atoms with Gasteiger partial charge in [0.05, 0.1) is 19.6 Å². The van der Waals surface area contributed by atoms with Gasteiger partial charge in [-0.1, -0.05) is 54.9 Å². The lowest BCUT2D eigenvalue weighted by molar-refractivity contribution is -0.142. The summed E-state index contributed by atoms with van der Waals surface area (Å²) in [5, 5.41) is 22.5. The molecule has 0 fully saturated rings. The highest BCUT2D eigenvalue weighted by Gasteiger charge is 2.28. The number of rotatable bonds is 15. The first-order valence-electron chi connectivity index (χ1n) is 13.3. The number of esters is 1. The van der Waals surface area contributed by atoms with Crippen molar-refractivity contribution < 1.29 is 34.0 Å². The molecule has 0 aliphatic heterocycles. The minimum absolute atomic E-state index is 0.118. The lowest BCUT2D eigenvalue weighted by atomic mass is 10.0. The van der Waals surface area contributed by atoms with E-state index in [1.807, 2.05) is 36.9 Å². The summed E-state index contributed by atoms with van der Waals surface area (Å²) in [6.07, 6.45) is -0.374. The molecule has 0 aromatic heterocycles. The third-order valence-corrected chi connectivity index (χ3v) is 6.89. The smallest absolute Gasteiger partial charge is 0.343 e. The first-order chi connectivity index (χ1) is 19.6. The molecular weight excluding hydrogens is 548 g/mol. The average Bonchev–Trinajstić information content (AvgIpc) is 2.95. The number of primary amides is 1. The van der Waals surface area contributed by atoms with Crippen LogP contribution in [0.25, 0.3) is 0 Å². The Morgan fingerprint density at radius 2 is 1.78 bits per heavy atom. The van der Waals surface area contributed by atoms with Gasteiger partial charge in [0.25, 0.3) is 0 Å². The van der Waals surface area contributed by atoms with E-state index in [-0.39, 0.29) is 37.1 Å². The van der Waals surface area contributed by atoms with Crippen LogP contribution in [0.1, 0.15) is 43.1 Å². The minimum Gasteiger partial charge on any atom is -0.504 e. The van der Waals surface area contributed by atoms with Crippen molar-refractivity contribution in [2.45, 2.75) is 51.5 Å². The van der Waals surface area contributed by atoms with Gasteiger partial charge < -0.3 is 30.2 Å². The average molecular weight is 585 g/mol. The van der Waals surface area contributed by atoms with Crippen molar-refractivity contribution in [1.29, 1.82) is 0 Å². The number of amides is 1. The number of carbonyl (C=O) groups excluding carboxylic acids is 2. The van der Waals surface area contributed by atoms with Crippen molar-refractivity contribution in [1.82, 2.24) is 4.90 Å². The molecule has 3 rings (SSSR count). The number of halogens is 1. The highest BCUT2D eigenvalue weighted by Crippen LogP contribution is 2.33. The molecule has 0 bridgehead atoms. The highest BCUT2D eigenvalue weighted by molar-refractivity contribution is 6.30. The quantitative estimate of drug-likeness (QED) is 0.177. The molecule has 0 radical (unpaired) electrons. The molecule has 3 atom stereocenters. The largest absolute Gasteiger partial charge is 0.504 e. The van der Waals surface area contributed by atoms with Crippen LogP contribution in [-0.4, -0.2) is 59.5 Å². The van der Waals surface area contributed by atoms with Crippen molar-refractivity contribution in [2.24, 2.45) is 5.73 Å². The van der Waals surface area contributed by atoms with Gasteiger partial charge in [-0.15, -0.1) is 0 Å². The number of nitrogens with zero attached hydrogens (tertiary/aromatic N) is 1. The number of aliphatic hydroxyl groups is 1. The molecule has 1 amide bonds. The number of aromatic hydroxyl groups is 1. The number of carbonyl (C=O) groups is 2. The second-order valence-electron chi connectivity index (χ2n) is 9.72. The Kier molecular flexibility index (Phi) is 11.8. The number of hydrogen-bond acceptors (Lipinski definition) is 8. The zero-order chi connectivity index (χ0) is 29.9. The van der Waals surface area contributed by atoms with Gasteiger partial charge in [-0.3, -0.25) is 9.69 Å². The van der Waals surface area contributed by atoms with E-state index >= 15 is 0 Å². The van der Waals surface area contributed by atoms with Crippen LogP contribution in [0.5, 0.6) is 17.2 Å². The summed E-state index contributed by atoms with van der Waals surface area (Å²) in [4.78, 5) is 24.9. The molecule has 9 nitrogen and oxygen atoms in total. The van der Waals surface area contributed by atoms with Gasteiger partial charge in [0, 0.05) is 23.2 Å². The van der Waals surface area contributed by atoms with Gasteiger partial charge >= 0.3 is 5.97 Å². The number of nitrogens with two attached hydrogens (primary N) is 1. The normalized spacial score (nSPS) is 13.3. The number of aliphatic hydroxyl groups excluding tert-OH is 1. The van der Waals surface area contributed by atoms with E-state index in [4.69, 9.17) is 26.8 Å². The summed E-state index contributed by atoms with van der Waals surface area (Å²) in [5.41, 5.74) is 7.38. The lowest BCUT2D eigenvalue weighted by Crippen LogP contribution is -2.47. The summed E-state index contributed by atoms with van der Waals surface area (Å²) in [7, 11) is 1.30. The summed E-state index contributed by atoms with van der Waals surface area (Å²) < 4.78 is 16.4. The molecule has 0 aliphatic rings. The van der Waals surface area contributed by atoms with Crippen molar-refractivity contribution in [2.75, 3.05) is 20.3 Å². The molecule has 4 N–H and O–H groups in total. The number of phenols is 1. The van der Waals surface area contributed by atoms with Crippen LogP contribution in [0.2, 0.25) is 5.02 Å². The molecule has 0 saturated heterocycles. The standard InChI is InChI=1S/C31H37ClN2O7/c1-4-29(41-27-10-6-8-23(31(27)38)17-28(33)36)34(18-26(35)22-7-5-9-24(32)16-22)20(2)15-21-11-13-25(14-12-21)40-19-30(37)39-3/h5-14,16,20,26,29,35,38H,4,15,17-19H2,1-3H3,(H2,33,36). The van der Waals surface area contributed by atoms with Crippen molar-refractivity contribution in [3.8, 4) is 17.2 Å². The van der Waals surface area contributed by atoms with Crippen molar-refractivity contribution in [3.63, 3.8) is 0 Å². The van der Waals surface area contributed by atoms with Gasteiger partial charge in [-0.25, -0.2) is 4.79 Å². The fraction of sp³-hybridized carbons (Fsp3) is 0.355. The van der Waals surface area contributed by atoms with Crippen molar-refractivity contribution in [3.05, 3.63) is 88.4 Å². The maximum absolute atomic E-state index is 11.5. The Morgan fingerprint density at radius 3 is 2.41 bits per heavy atom. The van der Waals surface area contributed by atoms with E-state index in [1.165, 1.54) is 7.11 Å². The number of phenolic OH excluding ortho intramolecular Hbond substituents is 1. The van der Waals surface area contributed by atoms with E-state index in [0.29, 0.717) is 34.7 Å². The Labute approximate surface area is 245 Å². The number of ether oxygens (including phenoxy) is 3. The molecule has 3 aromatic rings. The van der Waals surface area contributed by atoms with Gasteiger partial charge in [0.2, 0.25) is 5.91 Å². The van der Waals surface area contributed by atoms with Crippen LogP contribution in [-0.2, 0) is 27.2 Å². The van der Waals surface area contributed by atoms with Crippen LogP contribution >= 0.6 is 11.6 Å². The molecule has 41 heavy (non-hydrogen) atoms. The Balaban J connectivity index is 1.84. The first-order valence-corrected chi connectivity index (χ1v) is 13.7. The Hall–Kier alpha value is -3.79. The summed E-state index contributed by atoms with van der Waals surface area (Å²) in [5.74, 6) is -0.409. The molecule has 3 unspecified atom stereocenters.